The summed E-state index contributed by atoms with van der Waals surface area (Å²) in [7, 11) is -3.86. The molecular weight excluding hydrogens is 412 g/mol. The van der Waals surface area contributed by atoms with E-state index in [4.69, 9.17) is 0 Å². The van der Waals surface area contributed by atoms with Crippen LogP contribution in [0.2, 0.25) is 0 Å². The second kappa shape index (κ2) is 10.1. The van der Waals surface area contributed by atoms with Gasteiger partial charge in [0, 0.05) is 4.90 Å². The van der Waals surface area contributed by atoms with Crippen LogP contribution in [0.4, 0.5) is 0 Å². The molecule has 1 N–H and O–H groups in total. The molecule has 30 heavy (non-hydrogen) atoms. The van der Waals surface area contributed by atoms with E-state index in [0.717, 1.165) is 4.90 Å². The molecule has 3 aromatic carbocycles. The standard InChI is InChI=1S/C25H26O3S2/c1-2-3-13-20-25(26,21-14-7-4-8-15-21)24(29-22-16-9-5-10-17-22)30(27,28)23-18-11-6-12-19-23/h2,4-12,14-19,24,26H,1,3,13,20H2. The number of hydrogen-bond acceptors (Lipinski definition) is 4. The van der Waals surface area contributed by atoms with Crippen molar-refractivity contribution in [2.45, 2.75) is 39.2 Å². The van der Waals surface area contributed by atoms with Gasteiger partial charge in [-0.05, 0) is 49.1 Å². The number of benzene rings is 3. The van der Waals surface area contributed by atoms with Gasteiger partial charge in [0.2, 0.25) is 0 Å². The lowest BCUT2D eigenvalue weighted by Gasteiger charge is -2.36. The normalized spacial score (nSPS) is 14.6. The van der Waals surface area contributed by atoms with Crippen molar-refractivity contribution in [1.82, 2.24) is 0 Å². The van der Waals surface area contributed by atoms with Gasteiger partial charge in [-0.15, -0.1) is 18.3 Å². The molecular formula is C25H26O3S2. The monoisotopic (exact) mass is 438 g/mol. The second-order valence-corrected chi connectivity index (χ2v) is 10.6. The Hall–Kier alpha value is -2.34. The number of sulfone groups is 1. The predicted octanol–water partition coefficient (Wildman–Crippen LogP) is 5.82. The molecule has 0 aliphatic carbocycles. The van der Waals surface area contributed by atoms with Gasteiger partial charge in [-0.3, -0.25) is 0 Å². The van der Waals surface area contributed by atoms with Gasteiger partial charge < -0.3 is 5.11 Å². The van der Waals surface area contributed by atoms with Crippen LogP contribution in [-0.2, 0) is 15.4 Å². The number of allylic oxidation sites excluding steroid dienone is 1. The Labute approximate surface area is 183 Å². The van der Waals surface area contributed by atoms with Crippen molar-refractivity contribution in [3.63, 3.8) is 0 Å². The Kier molecular flexibility index (Phi) is 7.53. The third-order valence-electron chi connectivity index (χ3n) is 4.97. The number of rotatable bonds is 10. The van der Waals surface area contributed by atoms with Crippen LogP contribution in [0.3, 0.4) is 0 Å². The first-order chi connectivity index (χ1) is 14.5. The van der Waals surface area contributed by atoms with E-state index in [0.29, 0.717) is 24.8 Å². The van der Waals surface area contributed by atoms with E-state index in [1.807, 2.05) is 48.5 Å². The highest BCUT2D eigenvalue weighted by molar-refractivity contribution is 8.13. The summed E-state index contributed by atoms with van der Waals surface area (Å²) in [6, 6.07) is 26.8. The van der Waals surface area contributed by atoms with Crippen molar-refractivity contribution in [3.8, 4) is 0 Å². The van der Waals surface area contributed by atoms with Crippen LogP contribution < -0.4 is 0 Å². The molecule has 0 spiro atoms. The second-order valence-electron chi connectivity index (χ2n) is 7.09. The summed E-state index contributed by atoms with van der Waals surface area (Å²) in [5.74, 6) is 0. The minimum atomic E-state index is -3.86. The summed E-state index contributed by atoms with van der Waals surface area (Å²) in [5.41, 5.74) is -0.971. The van der Waals surface area contributed by atoms with Crippen molar-refractivity contribution in [2.75, 3.05) is 0 Å². The molecule has 0 heterocycles. The first kappa shape index (κ1) is 22.3. The molecule has 0 aromatic heterocycles. The molecule has 2 atom stereocenters. The topological polar surface area (TPSA) is 54.4 Å². The van der Waals surface area contributed by atoms with Gasteiger partial charge in [0.05, 0.1) is 4.90 Å². The molecule has 3 rings (SSSR count). The van der Waals surface area contributed by atoms with Crippen molar-refractivity contribution < 1.29 is 13.5 Å². The van der Waals surface area contributed by atoms with Crippen LogP contribution in [0.15, 0.2) is 113 Å². The highest BCUT2D eigenvalue weighted by Crippen LogP contribution is 2.45. The molecule has 0 radical (unpaired) electrons. The average molecular weight is 439 g/mol. The van der Waals surface area contributed by atoms with E-state index < -0.39 is 20.0 Å². The SMILES string of the molecule is C=CCCCC(O)(c1ccccc1)C(Sc1ccccc1)S(=O)(=O)c1ccccc1. The van der Waals surface area contributed by atoms with Gasteiger partial charge in [-0.1, -0.05) is 72.8 Å². The Morgan fingerprint density at radius 2 is 1.43 bits per heavy atom. The van der Waals surface area contributed by atoms with Crippen LogP contribution >= 0.6 is 11.8 Å². The Balaban J connectivity index is 2.15. The van der Waals surface area contributed by atoms with Gasteiger partial charge in [-0.2, -0.15) is 0 Å². The molecule has 0 saturated heterocycles. The maximum atomic E-state index is 13.8. The van der Waals surface area contributed by atoms with Gasteiger partial charge in [0.15, 0.2) is 9.84 Å². The highest BCUT2D eigenvalue weighted by atomic mass is 32.3. The molecule has 156 valence electrons. The molecule has 2 unspecified atom stereocenters. The quantitative estimate of drug-likeness (QED) is 0.246. The minimum absolute atomic E-state index is 0.205. The minimum Gasteiger partial charge on any atom is -0.383 e. The average Bonchev–Trinajstić information content (AvgIpc) is 2.79. The van der Waals surface area contributed by atoms with Crippen LogP contribution in [0.1, 0.15) is 24.8 Å². The maximum Gasteiger partial charge on any atom is 0.194 e. The highest BCUT2D eigenvalue weighted by Gasteiger charge is 2.47. The van der Waals surface area contributed by atoms with E-state index in [1.165, 1.54) is 11.8 Å². The fourth-order valence-electron chi connectivity index (χ4n) is 3.41. The first-order valence-electron chi connectivity index (χ1n) is 9.88. The maximum absolute atomic E-state index is 13.8. The number of aliphatic hydroxyl groups is 1. The largest absolute Gasteiger partial charge is 0.383 e. The lowest BCUT2D eigenvalue weighted by Crippen LogP contribution is -2.42. The van der Waals surface area contributed by atoms with Crippen LogP contribution in [-0.4, -0.2) is 18.1 Å². The third-order valence-corrected chi connectivity index (χ3v) is 9.05. The van der Waals surface area contributed by atoms with E-state index in [9.17, 15) is 13.5 Å². The summed E-state index contributed by atoms with van der Waals surface area (Å²) in [5, 5.41) is 12.0. The first-order valence-corrected chi connectivity index (χ1v) is 12.3. The molecule has 0 saturated carbocycles. The molecule has 3 nitrogen and oxygen atoms in total. The van der Waals surface area contributed by atoms with Gasteiger partial charge in [-0.25, -0.2) is 8.42 Å². The van der Waals surface area contributed by atoms with Crippen molar-refractivity contribution >= 4 is 21.6 Å². The van der Waals surface area contributed by atoms with E-state index >= 15 is 0 Å². The number of unbranched alkanes of at least 4 members (excludes halogenated alkanes) is 1. The smallest absolute Gasteiger partial charge is 0.194 e. The summed E-state index contributed by atoms with van der Waals surface area (Å²) >= 11 is 1.19. The zero-order valence-electron chi connectivity index (χ0n) is 16.7. The van der Waals surface area contributed by atoms with E-state index in [-0.39, 0.29) is 4.90 Å². The van der Waals surface area contributed by atoms with Crippen molar-refractivity contribution in [2.24, 2.45) is 0 Å². The fourth-order valence-corrected chi connectivity index (χ4v) is 7.15. The number of hydrogen-bond donors (Lipinski definition) is 1. The lowest BCUT2D eigenvalue weighted by atomic mass is 9.90. The zero-order chi connectivity index (χ0) is 21.5. The van der Waals surface area contributed by atoms with Gasteiger partial charge in [0.1, 0.15) is 10.2 Å². The van der Waals surface area contributed by atoms with Gasteiger partial charge >= 0.3 is 0 Å². The third kappa shape index (κ3) is 5.04. The molecule has 0 bridgehead atoms. The summed E-state index contributed by atoms with van der Waals surface area (Å²) in [4.78, 5) is 0.997. The number of thioether (sulfide) groups is 1. The van der Waals surface area contributed by atoms with Crippen molar-refractivity contribution in [1.29, 1.82) is 0 Å². The summed E-state index contributed by atoms with van der Waals surface area (Å²) in [6.45, 7) is 3.76. The van der Waals surface area contributed by atoms with E-state index in [2.05, 4.69) is 6.58 Å². The zero-order valence-corrected chi connectivity index (χ0v) is 18.4. The van der Waals surface area contributed by atoms with Crippen LogP contribution in [0, 0.1) is 0 Å². The molecule has 0 aliphatic heterocycles. The molecule has 5 heteroatoms. The fraction of sp³-hybridized carbons (Fsp3) is 0.200. The van der Waals surface area contributed by atoms with Crippen molar-refractivity contribution in [3.05, 3.63) is 109 Å². The van der Waals surface area contributed by atoms with Gasteiger partial charge in [0.25, 0.3) is 0 Å². The molecule has 0 fully saturated rings. The summed E-state index contributed by atoms with van der Waals surface area (Å²) < 4.78 is 26.5. The van der Waals surface area contributed by atoms with E-state index in [1.54, 1.807) is 48.5 Å². The molecule has 0 aliphatic rings. The summed E-state index contributed by atoms with van der Waals surface area (Å²) in [6.07, 6.45) is 3.42. The Morgan fingerprint density at radius 1 is 0.900 bits per heavy atom. The predicted molar refractivity (Wildman–Crippen MR) is 124 cm³/mol. The molecule has 0 amide bonds. The Morgan fingerprint density at radius 3 is 2.00 bits per heavy atom. The molecule has 3 aromatic rings. The lowest BCUT2D eigenvalue weighted by molar-refractivity contribution is 0.0410. The Bertz CT molecular complexity index is 1040. The van der Waals surface area contributed by atoms with Crippen LogP contribution in [0.5, 0.6) is 0 Å². The van der Waals surface area contributed by atoms with Crippen LogP contribution in [0.25, 0.3) is 0 Å².